The number of carbonyl (C=O) groups is 6. The van der Waals surface area contributed by atoms with Gasteiger partial charge < -0.3 is 33.6 Å². The van der Waals surface area contributed by atoms with Gasteiger partial charge in [0.15, 0.2) is 5.78 Å². The van der Waals surface area contributed by atoms with Gasteiger partial charge in [0.2, 0.25) is 11.8 Å². The lowest BCUT2D eigenvalue weighted by Crippen LogP contribution is -2.54. The Hall–Kier alpha value is -4.62. The van der Waals surface area contributed by atoms with Crippen LogP contribution >= 0.6 is 0 Å². The highest BCUT2D eigenvalue weighted by Gasteiger charge is 2.44. The van der Waals surface area contributed by atoms with Crippen molar-refractivity contribution in [3.63, 3.8) is 0 Å². The van der Waals surface area contributed by atoms with Gasteiger partial charge in [-0.15, -0.1) is 0 Å². The molecule has 0 saturated carbocycles. The molecule has 1 aliphatic rings. The van der Waals surface area contributed by atoms with E-state index in [0.29, 0.717) is 25.8 Å². The van der Waals surface area contributed by atoms with Gasteiger partial charge in [-0.25, -0.2) is 4.79 Å². The molecule has 1 saturated heterocycles. The molecule has 0 aliphatic carbocycles. The van der Waals surface area contributed by atoms with E-state index in [1.807, 2.05) is 102 Å². The second-order valence-electron chi connectivity index (χ2n) is 20.0. The number of benzene rings is 2. The average molecular weight is 920 g/mol. The first kappa shape index (κ1) is 55.7. The zero-order valence-electron chi connectivity index (χ0n) is 42.4. The van der Waals surface area contributed by atoms with E-state index in [1.165, 1.54) is 4.90 Å². The van der Waals surface area contributed by atoms with E-state index in [2.05, 4.69) is 0 Å². The highest BCUT2D eigenvalue weighted by Crippen LogP contribution is 2.32. The van der Waals surface area contributed by atoms with Crippen LogP contribution in [0.2, 0.25) is 0 Å². The standard InChI is InChI=1S/C53H81N3O10/c1-15-36(6)48(54(11)50(60)41(34(2)3)31-44(58)47(35(4)5)55(12)52(62)66-53(8,9)10)45(63-13)32-46(59)56-28-22-27-42(56)49(64-14)37(7)43(57)30-40(29-38-23-18-16-19-24-38)51(61)65-33-39-25-20-17-21-26-39/h16-21,23-26,34-37,40-42,45,47-49H,15,22,27-33H2,1-14H3/t36-,37-,40+,41-,42-,45+,47-,48-,49+/m0/s1. The fourth-order valence-corrected chi connectivity index (χ4v) is 9.44. The molecule has 2 aromatic rings. The summed E-state index contributed by atoms with van der Waals surface area (Å²) in [6, 6.07) is 17.3. The number of hydrogen-bond acceptors (Lipinski definition) is 10. The van der Waals surface area contributed by atoms with Crippen LogP contribution in [0.4, 0.5) is 4.79 Å². The number of ketones is 2. The fraction of sp³-hybridized carbons (Fsp3) is 0.660. The second-order valence-corrected chi connectivity index (χ2v) is 20.0. The summed E-state index contributed by atoms with van der Waals surface area (Å²) in [4.78, 5) is 88.8. The number of likely N-dealkylation sites (tertiary alicyclic amines) is 1. The van der Waals surface area contributed by atoms with E-state index in [0.717, 1.165) is 17.5 Å². The zero-order chi connectivity index (χ0) is 49.5. The van der Waals surface area contributed by atoms with Crippen LogP contribution in [0.3, 0.4) is 0 Å². The number of methoxy groups -OCH3 is 2. The summed E-state index contributed by atoms with van der Waals surface area (Å²) in [6.07, 6.45) is 0.307. The third kappa shape index (κ3) is 15.7. The molecule has 368 valence electrons. The smallest absolute Gasteiger partial charge is 0.410 e. The number of carbonyl (C=O) groups excluding carboxylic acids is 6. The van der Waals surface area contributed by atoms with Gasteiger partial charge in [0, 0.05) is 59.5 Å². The lowest BCUT2D eigenvalue weighted by Gasteiger charge is -2.41. The van der Waals surface area contributed by atoms with E-state index in [-0.39, 0.29) is 67.0 Å². The molecule has 0 bridgehead atoms. The van der Waals surface area contributed by atoms with Crippen molar-refractivity contribution in [1.29, 1.82) is 0 Å². The van der Waals surface area contributed by atoms with Crippen molar-refractivity contribution in [2.24, 2.45) is 35.5 Å². The molecule has 13 nitrogen and oxygen atoms in total. The Morgan fingerprint density at radius 2 is 1.35 bits per heavy atom. The lowest BCUT2D eigenvalue weighted by molar-refractivity contribution is -0.152. The van der Waals surface area contributed by atoms with Gasteiger partial charge in [0.05, 0.1) is 42.7 Å². The maximum atomic E-state index is 14.6. The number of rotatable bonds is 25. The van der Waals surface area contributed by atoms with Crippen molar-refractivity contribution in [3.8, 4) is 0 Å². The summed E-state index contributed by atoms with van der Waals surface area (Å²) in [6.45, 7) is 19.3. The molecule has 66 heavy (non-hydrogen) atoms. The molecule has 2 aromatic carbocycles. The predicted molar refractivity (Wildman–Crippen MR) is 256 cm³/mol. The largest absolute Gasteiger partial charge is 0.461 e. The van der Waals surface area contributed by atoms with Crippen LogP contribution in [0.5, 0.6) is 0 Å². The first-order chi connectivity index (χ1) is 31.1. The summed E-state index contributed by atoms with van der Waals surface area (Å²) < 4.78 is 23.5. The maximum absolute atomic E-state index is 14.6. The van der Waals surface area contributed by atoms with Gasteiger partial charge in [-0.05, 0) is 68.9 Å². The fourth-order valence-electron chi connectivity index (χ4n) is 9.44. The molecule has 13 heteroatoms. The molecule has 1 heterocycles. The van der Waals surface area contributed by atoms with Gasteiger partial charge in [0.1, 0.15) is 18.0 Å². The Bertz CT molecular complexity index is 1860. The van der Waals surface area contributed by atoms with E-state index in [1.54, 1.807) is 65.8 Å². The van der Waals surface area contributed by atoms with Crippen LogP contribution in [0.15, 0.2) is 60.7 Å². The third-order valence-electron chi connectivity index (χ3n) is 13.3. The van der Waals surface area contributed by atoms with Crippen molar-refractivity contribution in [2.45, 2.75) is 157 Å². The molecule has 0 aromatic heterocycles. The van der Waals surface area contributed by atoms with Gasteiger partial charge in [0.25, 0.3) is 0 Å². The van der Waals surface area contributed by atoms with Crippen molar-refractivity contribution < 1.29 is 47.7 Å². The average Bonchev–Trinajstić information content (AvgIpc) is 3.76. The minimum Gasteiger partial charge on any atom is -0.461 e. The number of nitrogens with zero attached hydrogens (tertiary/aromatic N) is 3. The molecule has 1 aliphatic heterocycles. The molecule has 3 rings (SSSR count). The van der Waals surface area contributed by atoms with Crippen molar-refractivity contribution in [3.05, 3.63) is 71.8 Å². The summed E-state index contributed by atoms with van der Waals surface area (Å²) in [5.41, 5.74) is 1.03. The number of likely N-dealkylation sites (N-methyl/N-ethyl adjacent to an activating group) is 2. The quantitative estimate of drug-likeness (QED) is 0.0887. The van der Waals surface area contributed by atoms with Gasteiger partial charge in [-0.1, -0.05) is 116 Å². The normalized spacial score (nSPS) is 17.8. The van der Waals surface area contributed by atoms with Gasteiger partial charge in [-0.2, -0.15) is 0 Å². The monoisotopic (exact) mass is 920 g/mol. The van der Waals surface area contributed by atoms with E-state index in [4.69, 9.17) is 18.9 Å². The Morgan fingerprint density at radius 3 is 1.86 bits per heavy atom. The molecule has 0 radical (unpaired) electrons. The van der Waals surface area contributed by atoms with Gasteiger partial charge >= 0.3 is 12.1 Å². The summed E-state index contributed by atoms with van der Waals surface area (Å²) >= 11 is 0. The Morgan fingerprint density at radius 1 is 0.758 bits per heavy atom. The number of ether oxygens (including phenoxy) is 4. The SMILES string of the molecule is CC[C@H](C)[C@@H]([C@@H](CC(=O)N1CCC[C@H]1[C@H](OC)[C@@H](C)C(=O)C[C@@H](Cc1ccccc1)C(=O)OCc1ccccc1)OC)N(C)C(=O)[C@@H](CC(=O)[C@H](C(C)C)N(C)C(=O)OC(C)(C)C)C(C)C. The van der Waals surface area contributed by atoms with Crippen LogP contribution < -0.4 is 0 Å². The number of hydrogen-bond donors (Lipinski definition) is 0. The topological polar surface area (TPSA) is 149 Å². The predicted octanol–water partition coefficient (Wildman–Crippen LogP) is 8.59. The zero-order valence-corrected chi connectivity index (χ0v) is 42.4. The summed E-state index contributed by atoms with van der Waals surface area (Å²) in [5, 5.41) is 0. The minimum absolute atomic E-state index is 0.0217. The number of amides is 3. The molecule has 1 fully saturated rings. The second kappa shape index (κ2) is 26.1. The van der Waals surface area contributed by atoms with Crippen LogP contribution in [0, 0.1) is 35.5 Å². The molecule has 0 spiro atoms. The van der Waals surface area contributed by atoms with Crippen LogP contribution in [-0.2, 0) is 55.9 Å². The van der Waals surface area contributed by atoms with E-state index in [9.17, 15) is 28.8 Å². The highest BCUT2D eigenvalue weighted by molar-refractivity contribution is 5.92. The van der Waals surface area contributed by atoms with E-state index < -0.39 is 65.8 Å². The molecule has 0 N–H and O–H groups in total. The Balaban J connectivity index is 1.81. The minimum atomic E-state index is -0.798. The number of esters is 1. The summed E-state index contributed by atoms with van der Waals surface area (Å²) in [5.74, 6) is -3.81. The Kier molecular flexibility index (Phi) is 22.0. The molecular weight excluding hydrogens is 839 g/mol. The maximum Gasteiger partial charge on any atom is 0.410 e. The molecule has 0 unspecified atom stereocenters. The number of Topliss-reactive ketones (excluding diaryl/α,β-unsaturated/α-hetero) is 2. The van der Waals surface area contributed by atoms with Crippen molar-refractivity contribution >= 4 is 35.4 Å². The first-order valence-corrected chi connectivity index (χ1v) is 23.9. The van der Waals surface area contributed by atoms with Crippen molar-refractivity contribution in [1.82, 2.24) is 14.7 Å². The molecule has 3 amide bonds. The van der Waals surface area contributed by atoms with Crippen LogP contribution in [0.1, 0.15) is 119 Å². The van der Waals surface area contributed by atoms with Crippen LogP contribution in [0.25, 0.3) is 0 Å². The third-order valence-corrected chi connectivity index (χ3v) is 13.3. The molecular formula is C53H81N3O10. The van der Waals surface area contributed by atoms with Gasteiger partial charge in [-0.3, -0.25) is 24.0 Å². The van der Waals surface area contributed by atoms with E-state index >= 15 is 0 Å². The first-order valence-electron chi connectivity index (χ1n) is 23.9. The molecule has 9 atom stereocenters. The lowest BCUT2D eigenvalue weighted by atomic mass is 9.83. The van der Waals surface area contributed by atoms with Crippen LogP contribution in [-0.4, -0.2) is 121 Å². The summed E-state index contributed by atoms with van der Waals surface area (Å²) in [7, 11) is 6.38. The van der Waals surface area contributed by atoms with Crippen molar-refractivity contribution in [2.75, 3.05) is 34.9 Å². The Labute approximate surface area is 395 Å². The highest BCUT2D eigenvalue weighted by atomic mass is 16.6.